The Morgan fingerprint density at radius 1 is 1.03 bits per heavy atom. The second-order valence-electron chi connectivity index (χ2n) is 7.21. The molecule has 160 valence electrons. The third-order valence-corrected chi connectivity index (χ3v) is 6.15. The van der Waals surface area contributed by atoms with Gasteiger partial charge in [0.15, 0.2) is 0 Å². The van der Waals surface area contributed by atoms with E-state index in [-0.39, 0.29) is 17.9 Å². The quantitative estimate of drug-likeness (QED) is 0.623. The number of methoxy groups -OCH3 is 1. The third kappa shape index (κ3) is 5.18. The largest absolute Gasteiger partial charge is 0.497 e. The lowest BCUT2D eigenvalue weighted by molar-refractivity contribution is 0.102. The Morgan fingerprint density at radius 3 is 2.52 bits per heavy atom. The number of piperidine rings is 1. The van der Waals surface area contributed by atoms with Crippen LogP contribution in [0.5, 0.6) is 5.75 Å². The molecule has 1 fully saturated rings. The van der Waals surface area contributed by atoms with E-state index in [4.69, 9.17) is 4.74 Å². The fraction of sp³-hybridized carbons (Fsp3) is 0.273. The van der Waals surface area contributed by atoms with Crippen molar-refractivity contribution in [3.63, 3.8) is 0 Å². The van der Waals surface area contributed by atoms with Crippen molar-refractivity contribution in [3.05, 3.63) is 64.6 Å². The number of likely N-dealkylation sites (tertiary alicyclic amines) is 1. The molecule has 1 aromatic heterocycles. The predicted molar refractivity (Wildman–Crippen MR) is 120 cm³/mol. The highest BCUT2D eigenvalue weighted by atomic mass is 32.1. The topological polar surface area (TPSA) is 96.4 Å². The number of carbonyl (C=O) groups excluding carboxylic acids is 2. The molecule has 3 amide bonds. The van der Waals surface area contributed by atoms with Gasteiger partial charge < -0.3 is 20.3 Å². The van der Waals surface area contributed by atoms with Crippen LogP contribution in [0.25, 0.3) is 0 Å². The number of hydrogen-bond acceptors (Lipinski definition) is 6. The molecule has 31 heavy (non-hydrogen) atoms. The summed E-state index contributed by atoms with van der Waals surface area (Å²) in [4.78, 5) is 26.9. The van der Waals surface area contributed by atoms with Crippen LogP contribution >= 0.6 is 11.3 Å². The standard InChI is InChI=1S/C22H23N5O3S/c1-30-18-11-9-17(10-12-18)23-19(28)21-26-25-20(31-21)15-6-5-13-27(14-15)22(29)24-16-7-3-2-4-8-16/h2-4,7-12,15H,5-6,13-14H2,1H3,(H,23,28)(H,24,29). The van der Waals surface area contributed by atoms with Gasteiger partial charge in [-0.05, 0) is 49.2 Å². The maximum Gasteiger partial charge on any atom is 0.321 e. The Labute approximate surface area is 184 Å². The number of nitrogens with zero attached hydrogens (tertiary/aromatic N) is 3. The summed E-state index contributed by atoms with van der Waals surface area (Å²) >= 11 is 1.27. The number of hydrogen-bond donors (Lipinski definition) is 2. The number of urea groups is 1. The molecule has 4 rings (SSSR count). The van der Waals surface area contributed by atoms with Gasteiger partial charge in [0.25, 0.3) is 5.91 Å². The van der Waals surface area contributed by atoms with E-state index in [2.05, 4.69) is 20.8 Å². The fourth-order valence-corrected chi connectivity index (χ4v) is 4.30. The van der Waals surface area contributed by atoms with Gasteiger partial charge in [-0.15, -0.1) is 10.2 Å². The Kier molecular flexibility index (Phi) is 6.42. The van der Waals surface area contributed by atoms with E-state index in [1.807, 2.05) is 30.3 Å². The average molecular weight is 438 g/mol. The minimum atomic E-state index is -0.302. The van der Waals surface area contributed by atoms with E-state index in [9.17, 15) is 9.59 Å². The molecule has 0 radical (unpaired) electrons. The van der Waals surface area contributed by atoms with Crippen molar-refractivity contribution >= 4 is 34.6 Å². The van der Waals surface area contributed by atoms with Crippen LogP contribution < -0.4 is 15.4 Å². The predicted octanol–water partition coefficient (Wildman–Crippen LogP) is 4.21. The van der Waals surface area contributed by atoms with Gasteiger partial charge >= 0.3 is 6.03 Å². The number of benzene rings is 2. The molecule has 0 saturated carbocycles. The Bertz CT molecular complexity index is 1040. The molecule has 1 aliphatic rings. The molecule has 2 N–H and O–H groups in total. The molecular weight excluding hydrogens is 414 g/mol. The number of amides is 3. The van der Waals surface area contributed by atoms with Gasteiger partial charge in [-0.2, -0.15) is 0 Å². The SMILES string of the molecule is COc1ccc(NC(=O)c2nnc(C3CCCN(C(=O)Nc4ccccc4)C3)s2)cc1. The molecule has 0 aliphatic carbocycles. The highest BCUT2D eigenvalue weighted by molar-refractivity contribution is 7.13. The van der Waals surface area contributed by atoms with E-state index in [0.717, 1.165) is 23.5 Å². The van der Waals surface area contributed by atoms with Crippen molar-refractivity contribution in [2.24, 2.45) is 0 Å². The average Bonchev–Trinajstić information content (AvgIpc) is 3.31. The van der Waals surface area contributed by atoms with Crippen LogP contribution in [0, 0.1) is 0 Å². The minimum Gasteiger partial charge on any atom is -0.497 e. The van der Waals surface area contributed by atoms with Gasteiger partial charge in [-0.1, -0.05) is 29.5 Å². The highest BCUT2D eigenvalue weighted by Crippen LogP contribution is 2.30. The monoisotopic (exact) mass is 437 g/mol. The summed E-state index contributed by atoms with van der Waals surface area (Å²) in [5.41, 5.74) is 1.42. The van der Waals surface area contributed by atoms with Crippen molar-refractivity contribution < 1.29 is 14.3 Å². The summed E-state index contributed by atoms with van der Waals surface area (Å²) in [6.07, 6.45) is 1.78. The van der Waals surface area contributed by atoms with Gasteiger partial charge in [-0.25, -0.2) is 4.79 Å². The maximum absolute atomic E-state index is 12.6. The molecule has 1 atom stereocenters. The van der Waals surface area contributed by atoms with Crippen molar-refractivity contribution in [1.29, 1.82) is 0 Å². The zero-order valence-electron chi connectivity index (χ0n) is 17.1. The molecule has 1 unspecified atom stereocenters. The molecular formula is C22H23N5O3S. The Hall–Kier alpha value is -3.46. The van der Waals surface area contributed by atoms with Crippen molar-refractivity contribution in [1.82, 2.24) is 15.1 Å². The van der Waals surface area contributed by atoms with Crippen LogP contribution in [0.2, 0.25) is 0 Å². The van der Waals surface area contributed by atoms with Crippen molar-refractivity contribution in [3.8, 4) is 5.75 Å². The van der Waals surface area contributed by atoms with Crippen LogP contribution in [0.1, 0.15) is 33.6 Å². The number of nitrogens with one attached hydrogen (secondary N) is 2. The van der Waals surface area contributed by atoms with Crippen LogP contribution in [0.4, 0.5) is 16.2 Å². The first kappa shape index (κ1) is 20.8. The second kappa shape index (κ2) is 9.57. The lowest BCUT2D eigenvalue weighted by atomic mass is 9.99. The van der Waals surface area contributed by atoms with Crippen LogP contribution in [0.3, 0.4) is 0 Å². The number of para-hydroxylation sites is 1. The molecule has 2 heterocycles. The molecule has 0 spiro atoms. The maximum atomic E-state index is 12.6. The molecule has 8 nitrogen and oxygen atoms in total. The highest BCUT2D eigenvalue weighted by Gasteiger charge is 2.28. The zero-order valence-corrected chi connectivity index (χ0v) is 17.9. The third-order valence-electron chi connectivity index (χ3n) is 5.07. The number of aromatic nitrogens is 2. The van der Waals surface area contributed by atoms with E-state index < -0.39 is 0 Å². The summed E-state index contributed by atoms with van der Waals surface area (Å²) in [6.45, 7) is 1.24. The van der Waals surface area contributed by atoms with E-state index >= 15 is 0 Å². The molecule has 9 heteroatoms. The first-order chi connectivity index (χ1) is 15.1. The first-order valence-corrected chi connectivity index (χ1v) is 10.8. The molecule has 3 aromatic rings. The molecule has 1 saturated heterocycles. The Balaban J connectivity index is 1.37. The van der Waals surface area contributed by atoms with Crippen molar-refractivity contribution in [2.75, 3.05) is 30.8 Å². The summed E-state index contributed by atoms with van der Waals surface area (Å²) in [5.74, 6) is 0.480. The number of ether oxygens (including phenoxy) is 1. The van der Waals surface area contributed by atoms with Gasteiger partial charge in [0, 0.05) is 30.4 Å². The fourth-order valence-electron chi connectivity index (χ4n) is 3.44. The lowest BCUT2D eigenvalue weighted by Gasteiger charge is -2.31. The van der Waals surface area contributed by atoms with Crippen molar-refractivity contribution in [2.45, 2.75) is 18.8 Å². The summed E-state index contributed by atoms with van der Waals surface area (Å²) in [5, 5.41) is 15.1. The molecule has 1 aliphatic heterocycles. The second-order valence-corrected chi connectivity index (χ2v) is 8.22. The smallest absolute Gasteiger partial charge is 0.321 e. The number of rotatable bonds is 5. The van der Waals surface area contributed by atoms with Crippen LogP contribution in [-0.2, 0) is 0 Å². The zero-order chi connectivity index (χ0) is 21.6. The Morgan fingerprint density at radius 2 is 1.77 bits per heavy atom. The van der Waals surface area contributed by atoms with E-state index in [1.54, 1.807) is 36.3 Å². The molecule has 0 bridgehead atoms. The summed E-state index contributed by atoms with van der Waals surface area (Å²) in [6, 6.07) is 16.4. The summed E-state index contributed by atoms with van der Waals surface area (Å²) in [7, 11) is 1.59. The van der Waals surface area contributed by atoms with E-state index in [1.165, 1.54) is 11.3 Å². The van der Waals surface area contributed by atoms with Gasteiger partial charge in [0.05, 0.1) is 7.11 Å². The minimum absolute atomic E-state index is 0.0651. The summed E-state index contributed by atoms with van der Waals surface area (Å²) < 4.78 is 5.12. The lowest BCUT2D eigenvalue weighted by Crippen LogP contribution is -2.41. The normalized spacial score (nSPS) is 15.9. The van der Waals surface area contributed by atoms with Crippen LogP contribution in [0.15, 0.2) is 54.6 Å². The molecule has 2 aromatic carbocycles. The van der Waals surface area contributed by atoms with E-state index in [0.29, 0.717) is 29.5 Å². The number of anilines is 2. The van der Waals surface area contributed by atoms with Gasteiger partial charge in [-0.3, -0.25) is 4.79 Å². The van der Waals surface area contributed by atoms with Gasteiger partial charge in [0.2, 0.25) is 5.01 Å². The number of carbonyl (C=O) groups is 2. The van der Waals surface area contributed by atoms with Gasteiger partial charge in [0.1, 0.15) is 10.8 Å². The first-order valence-electron chi connectivity index (χ1n) is 10.0. The van der Waals surface area contributed by atoms with Crippen LogP contribution in [-0.4, -0.2) is 47.2 Å².